The zero-order chi connectivity index (χ0) is 18.9. The van der Waals surface area contributed by atoms with E-state index < -0.39 is 0 Å². The van der Waals surface area contributed by atoms with Crippen LogP contribution in [0.25, 0.3) is 0 Å². The van der Waals surface area contributed by atoms with Gasteiger partial charge in [-0.1, -0.05) is 19.9 Å². The van der Waals surface area contributed by atoms with Gasteiger partial charge in [-0.3, -0.25) is 9.89 Å². The third-order valence-electron chi connectivity index (χ3n) is 4.25. The molecule has 1 aliphatic rings. The number of nitrogens with zero attached hydrogens (tertiary/aromatic N) is 4. The molecule has 1 aliphatic heterocycles. The van der Waals surface area contributed by atoms with Crippen molar-refractivity contribution in [2.45, 2.75) is 26.5 Å². The molecule has 27 heavy (non-hydrogen) atoms. The van der Waals surface area contributed by atoms with Crippen molar-refractivity contribution in [3.63, 3.8) is 0 Å². The summed E-state index contributed by atoms with van der Waals surface area (Å²) in [7, 11) is 5.77. The Morgan fingerprint density at radius 3 is 2.81 bits per heavy atom. The first kappa shape index (κ1) is 23.9. The number of aromatic nitrogens is 1. The number of ether oxygens (including phenoxy) is 1. The lowest BCUT2D eigenvalue weighted by molar-refractivity contribution is -0.0284. The van der Waals surface area contributed by atoms with E-state index in [2.05, 4.69) is 39.4 Å². The van der Waals surface area contributed by atoms with Crippen LogP contribution >= 0.6 is 24.0 Å². The number of nitrogens with one attached hydrogen (secondary N) is 2. The van der Waals surface area contributed by atoms with Gasteiger partial charge < -0.3 is 20.3 Å². The summed E-state index contributed by atoms with van der Waals surface area (Å²) in [6.07, 6.45) is 0.191. The first-order valence-corrected chi connectivity index (χ1v) is 9.39. The molecule has 7 nitrogen and oxygen atoms in total. The van der Waals surface area contributed by atoms with Crippen LogP contribution in [0.1, 0.15) is 19.5 Å². The quantitative estimate of drug-likeness (QED) is 0.345. The van der Waals surface area contributed by atoms with Gasteiger partial charge in [0, 0.05) is 47.3 Å². The van der Waals surface area contributed by atoms with Gasteiger partial charge in [0.1, 0.15) is 5.82 Å². The van der Waals surface area contributed by atoms with Crippen LogP contribution in [0.4, 0.5) is 5.82 Å². The summed E-state index contributed by atoms with van der Waals surface area (Å²) in [6.45, 7) is 9.81. The number of hydrogen-bond acceptors (Lipinski definition) is 5. The maximum atomic E-state index is 5.88. The molecule has 0 amide bonds. The number of rotatable bonds is 7. The van der Waals surface area contributed by atoms with Crippen LogP contribution in [0, 0.1) is 5.92 Å². The van der Waals surface area contributed by atoms with E-state index in [-0.39, 0.29) is 30.1 Å². The number of anilines is 1. The fraction of sp³-hybridized carbons (Fsp3) is 0.684. The number of hydrogen-bond donors (Lipinski definition) is 2. The zero-order valence-electron chi connectivity index (χ0n) is 17.2. The van der Waals surface area contributed by atoms with Gasteiger partial charge in [-0.25, -0.2) is 4.98 Å². The summed E-state index contributed by atoms with van der Waals surface area (Å²) in [5.74, 6) is 2.40. The number of halogens is 1. The molecule has 1 aromatic heterocycles. The second-order valence-electron chi connectivity index (χ2n) is 7.33. The van der Waals surface area contributed by atoms with Crippen LogP contribution in [0.3, 0.4) is 0 Å². The second kappa shape index (κ2) is 12.4. The number of pyridine rings is 1. The minimum absolute atomic E-state index is 0. The zero-order valence-corrected chi connectivity index (χ0v) is 19.6. The average molecular weight is 490 g/mol. The molecule has 0 saturated carbocycles. The predicted octanol–water partition coefficient (Wildman–Crippen LogP) is 1.79. The van der Waals surface area contributed by atoms with Crippen LogP contribution in [0.15, 0.2) is 23.2 Å². The van der Waals surface area contributed by atoms with Crippen molar-refractivity contribution in [1.29, 1.82) is 0 Å². The van der Waals surface area contributed by atoms with Crippen LogP contribution in [0.2, 0.25) is 0 Å². The maximum absolute atomic E-state index is 5.88. The van der Waals surface area contributed by atoms with E-state index in [4.69, 9.17) is 4.74 Å². The Labute approximate surface area is 181 Å². The highest BCUT2D eigenvalue weighted by Crippen LogP contribution is 2.08. The van der Waals surface area contributed by atoms with E-state index in [1.54, 1.807) is 7.05 Å². The van der Waals surface area contributed by atoms with E-state index in [1.165, 1.54) is 0 Å². The summed E-state index contributed by atoms with van der Waals surface area (Å²) in [5.41, 5.74) is 0.983. The summed E-state index contributed by atoms with van der Waals surface area (Å²) in [6, 6.07) is 6.04. The predicted molar refractivity (Wildman–Crippen MR) is 123 cm³/mol. The van der Waals surface area contributed by atoms with Crippen molar-refractivity contribution in [3.05, 3.63) is 23.9 Å². The Balaban J connectivity index is 0.00000364. The van der Waals surface area contributed by atoms with E-state index in [0.29, 0.717) is 12.5 Å². The molecule has 1 aromatic rings. The second-order valence-corrected chi connectivity index (χ2v) is 7.33. The molecule has 1 atom stereocenters. The van der Waals surface area contributed by atoms with Gasteiger partial charge in [-0.05, 0) is 18.1 Å². The van der Waals surface area contributed by atoms with Gasteiger partial charge in [0.2, 0.25) is 0 Å². The lowest BCUT2D eigenvalue weighted by Gasteiger charge is -2.34. The van der Waals surface area contributed by atoms with Crippen molar-refractivity contribution < 1.29 is 4.74 Å². The minimum atomic E-state index is 0. The van der Waals surface area contributed by atoms with Crippen molar-refractivity contribution in [1.82, 2.24) is 20.5 Å². The molecule has 0 aliphatic carbocycles. The van der Waals surface area contributed by atoms with E-state index >= 15 is 0 Å². The van der Waals surface area contributed by atoms with Crippen LogP contribution in [-0.2, 0) is 11.3 Å². The molecular weight excluding hydrogens is 455 g/mol. The van der Waals surface area contributed by atoms with E-state index in [0.717, 1.165) is 50.3 Å². The van der Waals surface area contributed by atoms with Crippen LogP contribution in [-0.4, -0.2) is 75.9 Å². The van der Waals surface area contributed by atoms with Crippen molar-refractivity contribution in [3.8, 4) is 0 Å². The van der Waals surface area contributed by atoms with Gasteiger partial charge in [0.25, 0.3) is 0 Å². The fourth-order valence-corrected chi connectivity index (χ4v) is 3.01. The van der Waals surface area contributed by atoms with Gasteiger partial charge in [0.05, 0.1) is 24.9 Å². The lowest BCUT2D eigenvalue weighted by atomic mass is 10.2. The molecule has 1 unspecified atom stereocenters. The molecule has 0 spiro atoms. The molecule has 8 heteroatoms. The van der Waals surface area contributed by atoms with Crippen LogP contribution in [0.5, 0.6) is 0 Å². The van der Waals surface area contributed by atoms with Gasteiger partial charge in [0.15, 0.2) is 5.96 Å². The SMILES string of the molecule is CN=C(NCc1cccc(N(C)C)n1)NCC1CN(CC(C)C)CCO1.I. The molecule has 0 radical (unpaired) electrons. The van der Waals surface area contributed by atoms with Gasteiger partial charge >= 0.3 is 0 Å². The monoisotopic (exact) mass is 490 g/mol. The van der Waals surface area contributed by atoms with Gasteiger partial charge in [-0.15, -0.1) is 24.0 Å². The Kier molecular flexibility index (Phi) is 10.9. The normalized spacial score (nSPS) is 18.1. The summed E-state index contributed by atoms with van der Waals surface area (Å²) < 4.78 is 5.88. The van der Waals surface area contributed by atoms with Crippen molar-refractivity contribution in [2.75, 3.05) is 58.8 Å². The fourth-order valence-electron chi connectivity index (χ4n) is 3.01. The molecule has 1 saturated heterocycles. The molecule has 2 rings (SSSR count). The van der Waals surface area contributed by atoms with Crippen molar-refractivity contribution in [2.24, 2.45) is 10.9 Å². The summed E-state index contributed by atoms with van der Waals surface area (Å²) >= 11 is 0. The molecular formula is C19H35IN6O. The standard InChI is InChI=1S/C19H34N6O.HI/c1-15(2)13-25-9-10-26-17(14-25)12-22-19(20-3)21-11-16-7-6-8-18(23-16)24(4)5;/h6-8,15,17H,9-14H2,1-5H3,(H2,20,21,22);1H. The smallest absolute Gasteiger partial charge is 0.191 e. The largest absolute Gasteiger partial charge is 0.374 e. The van der Waals surface area contributed by atoms with Crippen molar-refractivity contribution >= 4 is 35.8 Å². The lowest BCUT2D eigenvalue weighted by Crippen LogP contribution is -2.50. The highest BCUT2D eigenvalue weighted by atomic mass is 127. The average Bonchev–Trinajstić information content (AvgIpc) is 2.62. The third kappa shape index (κ3) is 8.61. The Morgan fingerprint density at radius 2 is 2.15 bits per heavy atom. The Morgan fingerprint density at radius 1 is 1.37 bits per heavy atom. The third-order valence-corrected chi connectivity index (χ3v) is 4.25. The summed E-state index contributed by atoms with van der Waals surface area (Å²) in [5, 5.41) is 6.69. The van der Waals surface area contributed by atoms with E-state index in [9.17, 15) is 0 Å². The molecule has 1 fully saturated rings. The Hall–Kier alpha value is -1.13. The van der Waals surface area contributed by atoms with E-state index in [1.807, 2.05) is 37.2 Å². The highest BCUT2D eigenvalue weighted by Gasteiger charge is 2.21. The molecule has 154 valence electrons. The first-order chi connectivity index (χ1) is 12.5. The van der Waals surface area contributed by atoms with Gasteiger partial charge in [-0.2, -0.15) is 0 Å². The highest BCUT2D eigenvalue weighted by molar-refractivity contribution is 14.0. The first-order valence-electron chi connectivity index (χ1n) is 9.39. The molecule has 0 bridgehead atoms. The maximum Gasteiger partial charge on any atom is 0.191 e. The Bertz CT molecular complexity index is 581. The van der Waals surface area contributed by atoms with Crippen LogP contribution < -0.4 is 15.5 Å². The topological polar surface area (TPSA) is 65.0 Å². The molecule has 0 aromatic carbocycles. The molecule has 2 N–H and O–H groups in total. The number of morpholine rings is 1. The number of aliphatic imine (C=N–C) groups is 1. The molecule has 2 heterocycles. The minimum Gasteiger partial charge on any atom is -0.374 e. The number of guanidine groups is 1. The summed E-state index contributed by atoms with van der Waals surface area (Å²) in [4.78, 5) is 13.4.